The lowest BCUT2D eigenvalue weighted by atomic mass is 9.97. The van der Waals surface area contributed by atoms with Crippen LogP contribution in [0.25, 0.3) is 0 Å². The van der Waals surface area contributed by atoms with Crippen molar-refractivity contribution in [2.75, 3.05) is 0 Å². The third-order valence-corrected chi connectivity index (χ3v) is 5.59. The Kier molecular flexibility index (Phi) is 6.17. The Morgan fingerprint density at radius 3 is 2.56 bits per heavy atom. The quantitative estimate of drug-likeness (QED) is 0.780. The van der Waals surface area contributed by atoms with E-state index in [9.17, 15) is 9.59 Å². The number of carbonyl (C=O) groups is 2. The van der Waals surface area contributed by atoms with E-state index in [0.717, 1.165) is 19.3 Å². The SMILES string of the molecule is CCC(C)C(NC(=O)c1ccc(Cl)cc1)C(=O)NC1CCc2ccccc21. The second-order valence-corrected chi connectivity index (χ2v) is 7.58. The Hall–Kier alpha value is -2.33. The van der Waals surface area contributed by atoms with Crippen LogP contribution in [0.4, 0.5) is 0 Å². The number of aryl methyl sites for hydroxylation is 1. The largest absolute Gasteiger partial charge is 0.347 e. The van der Waals surface area contributed by atoms with Gasteiger partial charge < -0.3 is 10.6 Å². The highest BCUT2D eigenvalue weighted by atomic mass is 35.5. The first-order valence-corrected chi connectivity index (χ1v) is 9.82. The third kappa shape index (κ3) is 4.51. The second kappa shape index (κ2) is 8.57. The van der Waals surface area contributed by atoms with E-state index in [1.807, 2.05) is 26.0 Å². The minimum atomic E-state index is -0.578. The fourth-order valence-corrected chi connectivity index (χ4v) is 3.62. The number of benzene rings is 2. The van der Waals surface area contributed by atoms with Gasteiger partial charge in [0.25, 0.3) is 5.91 Å². The molecule has 2 amide bonds. The Bertz CT molecular complexity index is 819. The second-order valence-electron chi connectivity index (χ2n) is 7.14. The molecule has 4 nitrogen and oxygen atoms in total. The summed E-state index contributed by atoms with van der Waals surface area (Å²) in [4.78, 5) is 25.6. The summed E-state index contributed by atoms with van der Waals surface area (Å²) >= 11 is 5.89. The maximum Gasteiger partial charge on any atom is 0.251 e. The van der Waals surface area contributed by atoms with Crippen LogP contribution in [0.15, 0.2) is 48.5 Å². The van der Waals surface area contributed by atoms with Gasteiger partial charge in [-0.05, 0) is 54.2 Å². The number of halogens is 1. The number of rotatable bonds is 6. The summed E-state index contributed by atoms with van der Waals surface area (Å²) < 4.78 is 0. The van der Waals surface area contributed by atoms with Gasteiger partial charge in [-0.2, -0.15) is 0 Å². The molecule has 0 bridgehead atoms. The van der Waals surface area contributed by atoms with Crippen LogP contribution in [0.5, 0.6) is 0 Å². The van der Waals surface area contributed by atoms with Crippen LogP contribution in [-0.4, -0.2) is 17.9 Å². The molecule has 3 unspecified atom stereocenters. The molecule has 0 aromatic heterocycles. The van der Waals surface area contributed by atoms with Gasteiger partial charge in [0.2, 0.25) is 5.91 Å². The monoisotopic (exact) mass is 384 g/mol. The molecule has 0 heterocycles. The van der Waals surface area contributed by atoms with E-state index >= 15 is 0 Å². The van der Waals surface area contributed by atoms with E-state index in [1.54, 1.807) is 24.3 Å². The zero-order valence-corrected chi connectivity index (χ0v) is 16.4. The van der Waals surface area contributed by atoms with Crippen LogP contribution in [0.3, 0.4) is 0 Å². The molecule has 142 valence electrons. The average Bonchev–Trinajstić information content (AvgIpc) is 3.08. The normalized spacial score (nSPS) is 17.7. The van der Waals surface area contributed by atoms with Gasteiger partial charge in [-0.15, -0.1) is 0 Å². The van der Waals surface area contributed by atoms with Crippen LogP contribution in [0, 0.1) is 5.92 Å². The lowest BCUT2D eigenvalue weighted by Crippen LogP contribution is -2.50. The molecule has 1 aliphatic carbocycles. The molecule has 0 fully saturated rings. The van der Waals surface area contributed by atoms with Gasteiger partial charge in [-0.1, -0.05) is 56.1 Å². The Morgan fingerprint density at radius 1 is 1.15 bits per heavy atom. The number of hydrogen-bond donors (Lipinski definition) is 2. The first-order chi connectivity index (χ1) is 13.0. The highest BCUT2D eigenvalue weighted by Crippen LogP contribution is 2.30. The molecule has 0 radical (unpaired) electrons. The molecule has 2 aromatic carbocycles. The number of hydrogen-bond acceptors (Lipinski definition) is 2. The number of nitrogens with one attached hydrogen (secondary N) is 2. The van der Waals surface area contributed by atoms with Crippen molar-refractivity contribution >= 4 is 23.4 Å². The van der Waals surface area contributed by atoms with E-state index < -0.39 is 6.04 Å². The van der Waals surface area contributed by atoms with Crippen LogP contribution in [-0.2, 0) is 11.2 Å². The molecule has 2 aromatic rings. The molecule has 2 N–H and O–H groups in total. The van der Waals surface area contributed by atoms with Crippen molar-refractivity contribution in [3.8, 4) is 0 Å². The molecule has 3 atom stereocenters. The van der Waals surface area contributed by atoms with Gasteiger partial charge in [-0.25, -0.2) is 0 Å². The zero-order chi connectivity index (χ0) is 19.4. The van der Waals surface area contributed by atoms with E-state index in [4.69, 9.17) is 11.6 Å². The summed E-state index contributed by atoms with van der Waals surface area (Å²) in [5.41, 5.74) is 2.96. The number of fused-ring (bicyclic) bond motifs is 1. The Balaban J connectivity index is 1.72. The first kappa shape index (κ1) is 19.4. The summed E-state index contributed by atoms with van der Waals surface area (Å²) in [5, 5.41) is 6.62. The standard InChI is InChI=1S/C22H25ClN2O2/c1-3-14(2)20(25-21(26)16-8-11-17(23)12-9-16)22(27)24-19-13-10-15-6-4-5-7-18(15)19/h4-9,11-12,14,19-20H,3,10,13H2,1-2H3,(H,24,27)(H,25,26). The van der Waals surface area contributed by atoms with Gasteiger partial charge in [0.15, 0.2) is 0 Å². The first-order valence-electron chi connectivity index (χ1n) is 9.44. The predicted molar refractivity (Wildman–Crippen MR) is 108 cm³/mol. The molecular weight excluding hydrogens is 360 g/mol. The van der Waals surface area contributed by atoms with Crippen molar-refractivity contribution in [1.29, 1.82) is 0 Å². The molecule has 0 aliphatic heterocycles. The van der Waals surface area contributed by atoms with Gasteiger partial charge >= 0.3 is 0 Å². The molecule has 27 heavy (non-hydrogen) atoms. The molecular formula is C22H25ClN2O2. The average molecular weight is 385 g/mol. The summed E-state index contributed by atoms with van der Waals surface area (Å²) in [7, 11) is 0. The van der Waals surface area contributed by atoms with E-state index in [0.29, 0.717) is 10.6 Å². The topological polar surface area (TPSA) is 58.2 Å². The minimum Gasteiger partial charge on any atom is -0.347 e. The van der Waals surface area contributed by atoms with Gasteiger partial charge in [0.05, 0.1) is 6.04 Å². The fourth-order valence-electron chi connectivity index (χ4n) is 3.50. The van der Waals surface area contributed by atoms with E-state index in [-0.39, 0.29) is 23.8 Å². The molecule has 0 spiro atoms. The predicted octanol–water partition coefficient (Wildman–Crippen LogP) is 4.29. The molecule has 1 aliphatic rings. The smallest absolute Gasteiger partial charge is 0.251 e. The summed E-state index contributed by atoms with van der Waals surface area (Å²) in [6, 6.07) is 14.3. The summed E-state index contributed by atoms with van der Waals surface area (Å²) in [5.74, 6) is -0.370. The van der Waals surface area contributed by atoms with Crippen molar-refractivity contribution < 1.29 is 9.59 Å². The molecule has 5 heteroatoms. The number of carbonyl (C=O) groups excluding carboxylic acids is 2. The highest BCUT2D eigenvalue weighted by Gasteiger charge is 2.30. The minimum absolute atomic E-state index is 0.00712. The highest BCUT2D eigenvalue weighted by molar-refractivity contribution is 6.30. The van der Waals surface area contributed by atoms with Crippen molar-refractivity contribution in [1.82, 2.24) is 10.6 Å². The lowest BCUT2D eigenvalue weighted by molar-refractivity contribution is -0.124. The van der Waals surface area contributed by atoms with Crippen molar-refractivity contribution in [3.63, 3.8) is 0 Å². The van der Waals surface area contributed by atoms with E-state index in [1.165, 1.54) is 11.1 Å². The van der Waals surface area contributed by atoms with Crippen LogP contribution < -0.4 is 10.6 Å². The van der Waals surface area contributed by atoms with Gasteiger partial charge in [0, 0.05) is 10.6 Å². The van der Waals surface area contributed by atoms with Crippen molar-refractivity contribution in [2.24, 2.45) is 5.92 Å². The Labute approximate surface area is 165 Å². The fraction of sp³-hybridized carbons (Fsp3) is 0.364. The number of amides is 2. The Morgan fingerprint density at radius 2 is 1.85 bits per heavy atom. The van der Waals surface area contributed by atoms with E-state index in [2.05, 4.69) is 22.8 Å². The lowest BCUT2D eigenvalue weighted by Gasteiger charge is -2.25. The maximum atomic E-state index is 13.0. The molecule has 0 saturated heterocycles. The van der Waals surface area contributed by atoms with Crippen molar-refractivity contribution in [2.45, 2.75) is 45.2 Å². The third-order valence-electron chi connectivity index (χ3n) is 5.34. The van der Waals surface area contributed by atoms with Crippen LogP contribution >= 0.6 is 11.6 Å². The molecule has 3 rings (SSSR count). The van der Waals surface area contributed by atoms with Gasteiger partial charge in [-0.3, -0.25) is 9.59 Å². The summed E-state index contributed by atoms with van der Waals surface area (Å²) in [6.07, 6.45) is 2.65. The van der Waals surface area contributed by atoms with Gasteiger partial charge in [0.1, 0.15) is 6.04 Å². The van der Waals surface area contributed by atoms with Crippen LogP contribution in [0.2, 0.25) is 5.02 Å². The van der Waals surface area contributed by atoms with Crippen LogP contribution in [0.1, 0.15) is 54.2 Å². The summed E-state index contributed by atoms with van der Waals surface area (Å²) in [6.45, 7) is 4.00. The maximum absolute atomic E-state index is 13.0. The van der Waals surface area contributed by atoms with Crippen molar-refractivity contribution in [3.05, 3.63) is 70.2 Å². The zero-order valence-electron chi connectivity index (χ0n) is 15.7. The molecule has 0 saturated carbocycles.